The molecular formula is C19H20N4O2S. The fraction of sp³-hybridized carbons (Fsp3) is 0.368. The Morgan fingerprint density at radius 2 is 2.12 bits per heavy atom. The van der Waals surface area contributed by atoms with Crippen molar-refractivity contribution < 1.29 is 9.32 Å². The Kier molecular flexibility index (Phi) is 4.63. The predicted octanol–water partition coefficient (Wildman–Crippen LogP) is 4.35. The molecule has 1 N–H and O–H groups in total. The van der Waals surface area contributed by atoms with Crippen LogP contribution < -0.4 is 5.32 Å². The summed E-state index contributed by atoms with van der Waals surface area (Å²) in [6.07, 6.45) is 2.29. The minimum Gasteiger partial charge on any atom is -0.338 e. The number of thioether (sulfide) groups is 1. The topological polar surface area (TPSA) is 80.9 Å². The van der Waals surface area contributed by atoms with Crippen LogP contribution in [0.15, 0.2) is 39.9 Å². The number of benzene rings is 1. The van der Waals surface area contributed by atoms with E-state index in [-0.39, 0.29) is 17.6 Å². The largest absolute Gasteiger partial charge is 0.338 e. The number of hydrogen-bond donors (Lipinski definition) is 1. The quantitative estimate of drug-likeness (QED) is 0.515. The molecule has 1 fully saturated rings. The van der Waals surface area contributed by atoms with E-state index in [1.165, 1.54) is 11.8 Å². The highest BCUT2D eigenvalue weighted by Crippen LogP contribution is 2.39. The van der Waals surface area contributed by atoms with Gasteiger partial charge in [0.2, 0.25) is 11.8 Å². The third-order valence-electron chi connectivity index (χ3n) is 4.25. The molecule has 1 aromatic carbocycles. The lowest BCUT2D eigenvalue weighted by atomic mass is 10.1. The molecular weight excluding hydrogens is 348 g/mol. The van der Waals surface area contributed by atoms with Crippen LogP contribution in [0.25, 0.3) is 10.9 Å². The molecule has 0 unspecified atom stereocenters. The summed E-state index contributed by atoms with van der Waals surface area (Å²) in [5.41, 5.74) is 1.76. The van der Waals surface area contributed by atoms with Crippen LogP contribution in [0.2, 0.25) is 0 Å². The van der Waals surface area contributed by atoms with Gasteiger partial charge in [0.05, 0.1) is 17.0 Å². The van der Waals surface area contributed by atoms with Gasteiger partial charge in [0, 0.05) is 17.4 Å². The van der Waals surface area contributed by atoms with Crippen molar-refractivity contribution in [3.63, 3.8) is 0 Å². The average molecular weight is 368 g/mol. The summed E-state index contributed by atoms with van der Waals surface area (Å²) < 4.78 is 5.16. The molecule has 1 aliphatic carbocycles. The van der Waals surface area contributed by atoms with Gasteiger partial charge in [-0.15, -0.1) is 0 Å². The third-order valence-corrected chi connectivity index (χ3v) is 5.24. The summed E-state index contributed by atoms with van der Waals surface area (Å²) in [6.45, 7) is 4.05. The number of hydrogen-bond acceptors (Lipinski definition) is 6. The Labute approximate surface area is 155 Å². The summed E-state index contributed by atoms with van der Waals surface area (Å²) in [6, 6.07) is 9.70. The molecule has 0 aliphatic heterocycles. The van der Waals surface area contributed by atoms with Gasteiger partial charge in [-0.3, -0.25) is 10.1 Å². The number of aromatic nitrogens is 3. The van der Waals surface area contributed by atoms with E-state index in [2.05, 4.69) is 15.5 Å². The summed E-state index contributed by atoms with van der Waals surface area (Å²) in [5, 5.41) is 8.54. The Morgan fingerprint density at radius 3 is 2.85 bits per heavy atom. The van der Waals surface area contributed by atoms with Crippen LogP contribution in [0.1, 0.15) is 50.0 Å². The minimum absolute atomic E-state index is 0.142. The number of carbonyl (C=O) groups excluding carboxylic acids is 1. The molecule has 2 aromatic heterocycles. The van der Waals surface area contributed by atoms with E-state index in [4.69, 9.17) is 9.51 Å². The first kappa shape index (κ1) is 17.0. The van der Waals surface area contributed by atoms with Gasteiger partial charge in [-0.05, 0) is 24.8 Å². The number of amides is 1. The molecule has 2 heterocycles. The highest BCUT2D eigenvalue weighted by atomic mass is 32.2. The highest BCUT2D eigenvalue weighted by molar-refractivity contribution is 8.00. The zero-order chi connectivity index (χ0) is 18.1. The lowest BCUT2D eigenvalue weighted by molar-refractivity contribution is -0.113. The molecule has 1 aliphatic rings. The maximum atomic E-state index is 12.3. The van der Waals surface area contributed by atoms with E-state index in [0.717, 1.165) is 40.3 Å². The Hall–Kier alpha value is -2.41. The van der Waals surface area contributed by atoms with Crippen LogP contribution in [0, 0.1) is 0 Å². The smallest absolute Gasteiger partial charge is 0.237 e. The van der Waals surface area contributed by atoms with Gasteiger partial charge >= 0.3 is 0 Å². The first-order chi connectivity index (χ1) is 12.6. The average Bonchev–Trinajstić information content (AvgIpc) is 3.38. The molecule has 1 amide bonds. The number of nitrogens with one attached hydrogen (secondary N) is 1. The number of para-hydroxylation sites is 1. The minimum atomic E-state index is -0.142. The van der Waals surface area contributed by atoms with Gasteiger partial charge in [0.1, 0.15) is 10.9 Å². The van der Waals surface area contributed by atoms with Gasteiger partial charge < -0.3 is 4.52 Å². The number of fused-ring (bicyclic) bond motifs is 1. The van der Waals surface area contributed by atoms with Crippen LogP contribution in [0.4, 0.5) is 5.88 Å². The van der Waals surface area contributed by atoms with Crippen molar-refractivity contribution in [1.82, 2.24) is 15.1 Å². The van der Waals surface area contributed by atoms with Crippen molar-refractivity contribution in [2.75, 3.05) is 11.1 Å². The lowest BCUT2D eigenvalue weighted by Gasteiger charge is -2.07. The predicted molar refractivity (Wildman–Crippen MR) is 101 cm³/mol. The Bertz CT molecular complexity index is 950. The first-order valence-electron chi connectivity index (χ1n) is 8.76. The Balaban J connectivity index is 1.47. The van der Waals surface area contributed by atoms with Gasteiger partial charge in [-0.25, -0.2) is 9.97 Å². The molecule has 4 rings (SSSR count). The normalized spacial score (nSPS) is 14.1. The van der Waals surface area contributed by atoms with Crippen LogP contribution in [-0.2, 0) is 4.79 Å². The van der Waals surface area contributed by atoms with E-state index >= 15 is 0 Å². The number of nitrogens with zero attached hydrogens (tertiary/aromatic N) is 3. The fourth-order valence-corrected chi connectivity index (χ4v) is 3.45. The molecule has 26 heavy (non-hydrogen) atoms. The summed E-state index contributed by atoms with van der Waals surface area (Å²) in [5.74, 6) is 2.11. The Morgan fingerprint density at radius 1 is 1.31 bits per heavy atom. The monoisotopic (exact) mass is 368 g/mol. The van der Waals surface area contributed by atoms with Crippen LogP contribution >= 0.6 is 11.8 Å². The maximum absolute atomic E-state index is 12.3. The van der Waals surface area contributed by atoms with Crippen molar-refractivity contribution in [3.05, 3.63) is 41.9 Å². The van der Waals surface area contributed by atoms with Crippen molar-refractivity contribution in [3.8, 4) is 0 Å². The number of rotatable bonds is 6. The second-order valence-electron chi connectivity index (χ2n) is 6.79. The SMILES string of the molecule is CC(C)c1cc(NC(=O)CSc2nc(C3CC3)nc3ccccc23)on1. The van der Waals surface area contributed by atoms with E-state index in [0.29, 0.717) is 11.8 Å². The van der Waals surface area contributed by atoms with Crippen LogP contribution in [0.5, 0.6) is 0 Å². The van der Waals surface area contributed by atoms with Gasteiger partial charge in [-0.1, -0.05) is 49.0 Å². The molecule has 0 bridgehead atoms. The zero-order valence-corrected chi connectivity index (χ0v) is 15.5. The third kappa shape index (κ3) is 3.72. The lowest BCUT2D eigenvalue weighted by Crippen LogP contribution is -2.13. The van der Waals surface area contributed by atoms with Crippen molar-refractivity contribution in [2.45, 2.75) is 43.6 Å². The van der Waals surface area contributed by atoms with Crippen molar-refractivity contribution in [1.29, 1.82) is 0 Å². The summed E-state index contributed by atoms with van der Waals surface area (Å²) in [7, 11) is 0. The standard InChI is InChI=1S/C19H20N4O2S/c1-11(2)15-9-17(25-23-15)21-16(24)10-26-19-13-5-3-4-6-14(13)20-18(22-19)12-7-8-12/h3-6,9,11-12H,7-8,10H2,1-2H3,(H,21,24). The first-order valence-corrected chi connectivity index (χ1v) is 9.74. The molecule has 6 nitrogen and oxygen atoms in total. The van der Waals surface area contributed by atoms with E-state index < -0.39 is 0 Å². The van der Waals surface area contributed by atoms with Crippen LogP contribution in [0.3, 0.4) is 0 Å². The van der Waals surface area contributed by atoms with Crippen molar-refractivity contribution in [2.24, 2.45) is 0 Å². The van der Waals surface area contributed by atoms with Gasteiger partial charge in [-0.2, -0.15) is 0 Å². The van der Waals surface area contributed by atoms with Gasteiger partial charge in [0.15, 0.2) is 0 Å². The second kappa shape index (κ2) is 7.07. The molecule has 1 saturated carbocycles. The molecule has 3 aromatic rings. The van der Waals surface area contributed by atoms with Crippen LogP contribution in [-0.4, -0.2) is 26.8 Å². The molecule has 0 atom stereocenters. The van der Waals surface area contributed by atoms with E-state index in [1.807, 2.05) is 38.1 Å². The summed E-state index contributed by atoms with van der Waals surface area (Å²) >= 11 is 1.42. The molecule has 7 heteroatoms. The summed E-state index contributed by atoms with van der Waals surface area (Å²) in [4.78, 5) is 21.6. The van der Waals surface area contributed by atoms with E-state index in [1.54, 1.807) is 6.07 Å². The molecule has 134 valence electrons. The number of anilines is 1. The molecule has 0 radical (unpaired) electrons. The second-order valence-corrected chi connectivity index (χ2v) is 7.75. The molecule has 0 saturated heterocycles. The highest BCUT2D eigenvalue weighted by Gasteiger charge is 2.27. The van der Waals surface area contributed by atoms with Gasteiger partial charge in [0.25, 0.3) is 0 Å². The fourth-order valence-electron chi connectivity index (χ4n) is 2.63. The number of carbonyl (C=O) groups is 1. The maximum Gasteiger partial charge on any atom is 0.237 e. The zero-order valence-electron chi connectivity index (χ0n) is 14.7. The van der Waals surface area contributed by atoms with E-state index in [9.17, 15) is 4.79 Å². The van der Waals surface area contributed by atoms with Crippen molar-refractivity contribution >= 4 is 34.5 Å². The molecule has 0 spiro atoms.